The maximum Gasteiger partial charge on any atom is 0.240 e. The number of piperidine rings is 2. The van der Waals surface area contributed by atoms with E-state index >= 15 is 0 Å². The maximum absolute atomic E-state index is 13.3. The Balaban J connectivity index is 0.679. The van der Waals surface area contributed by atoms with Crippen molar-refractivity contribution in [1.29, 1.82) is 0 Å². The summed E-state index contributed by atoms with van der Waals surface area (Å²) in [5.41, 5.74) is 3.13. The van der Waals surface area contributed by atoms with Crippen molar-refractivity contribution < 1.29 is 37.8 Å². The van der Waals surface area contributed by atoms with E-state index in [0.717, 1.165) is 86.4 Å². The number of piperazine rings is 1. The number of benzene rings is 4. The van der Waals surface area contributed by atoms with E-state index in [0.29, 0.717) is 78.7 Å². The molecule has 5 aliphatic rings. The Hall–Kier alpha value is -6.91. The van der Waals surface area contributed by atoms with E-state index in [2.05, 4.69) is 42.0 Å². The zero-order chi connectivity index (χ0) is 46.9. The largest absolute Gasteiger partial charge is 0.495 e. The predicted molar refractivity (Wildman–Crippen MR) is 255 cm³/mol. The molecule has 0 radical (unpaired) electrons. The fourth-order valence-corrected chi connectivity index (χ4v) is 10.4. The Morgan fingerprint density at radius 1 is 0.794 bits per heavy atom. The Morgan fingerprint density at radius 3 is 2.09 bits per heavy atom. The van der Waals surface area contributed by atoms with Gasteiger partial charge >= 0.3 is 0 Å². The quantitative estimate of drug-likeness (QED) is 0.0626. The Labute approximate surface area is 393 Å². The smallest absolute Gasteiger partial charge is 0.240 e. The summed E-state index contributed by atoms with van der Waals surface area (Å²) in [7, 11) is 1.68. The van der Waals surface area contributed by atoms with Crippen LogP contribution >= 0.6 is 0 Å². The number of amides is 5. The Bertz CT molecular complexity index is 2720. The van der Waals surface area contributed by atoms with Gasteiger partial charge in [0.15, 0.2) is 0 Å². The maximum atomic E-state index is 13.3. The molecule has 5 fully saturated rings. The molecule has 352 valence electrons. The number of methoxy groups -OCH3 is 1. The summed E-state index contributed by atoms with van der Waals surface area (Å²) in [6.45, 7) is 5.65. The fraction of sp³-hybridized carbons (Fsp3) is 0.385. The molecule has 0 spiro atoms. The van der Waals surface area contributed by atoms with Crippen LogP contribution in [-0.2, 0) is 24.0 Å². The van der Waals surface area contributed by atoms with Crippen LogP contribution in [0.5, 0.6) is 17.2 Å². The molecular weight excluding hydrogens is 868 g/mol. The highest BCUT2D eigenvalue weighted by atomic mass is 19.1. The summed E-state index contributed by atoms with van der Waals surface area (Å²) < 4.78 is 25.6. The Morgan fingerprint density at radius 2 is 1.44 bits per heavy atom. The van der Waals surface area contributed by atoms with E-state index < -0.39 is 23.0 Å². The first-order valence-electron chi connectivity index (χ1n) is 23.6. The number of hydrogen-bond donors (Lipinski definition) is 4. The van der Waals surface area contributed by atoms with Gasteiger partial charge in [-0.3, -0.25) is 44.1 Å². The van der Waals surface area contributed by atoms with Crippen molar-refractivity contribution in [3.63, 3.8) is 0 Å². The van der Waals surface area contributed by atoms with Crippen LogP contribution in [-0.4, -0.2) is 103 Å². The van der Waals surface area contributed by atoms with Gasteiger partial charge in [-0.15, -0.1) is 0 Å². The van der Waals surface area contributed by atoms with E-state index in [9.17, 15) is 28.4 Å². The first-order chi connectivity index (χ1) is 33.0. The molecule has 4 saturated heterocycles. The van der Waals surface area contributed by atoms with Crippen LogP contribution < -0.4 is 35.6 Å². The van der Waals surface area contributed by atoms with Gasteiger partial charge in [0.1, 0.15) is 28.5 Å². The van der Waals surface area contributed by atoms with Gasteiger partial charge in [0, 0.05) is 92.8 Å². The molecule has 10 rings (SSSR count). The zero-order valence-corrected chi connectivity index (χ0v) is 38.0. The minimum atomic E-state index is -1.17. The second kappa shape index (κ2) is 19.0. The van der Waals surface area contributed by atoms with Gasteiger partial charge in [0.25, 0.3) is 0 Å². The highest BCUT2D eigenvalue weighted by molar-refractivity contribution is 6.17. The van der Waals surface area contributed by atoms with Gasteiger partial charge in [0.2, 0.25) is 29.5 Å². The van der Waals surface area contributed by atoms with Crippen LogP contribution in [0.15, 0.2) is 97.2 Å². The molecule has 5 aromatic rings. The lowest BCUT2D eigenvalue weighted by molar-refractivity contribution is -0.134. The normalized spacial score (nSPS) is 21.3. The van der Waals surface area contributed by atoms with E-state index in [4.69, 9.17) is 14.5 Å². The van der Waals surface area contributed by atoms with Crippen LogP contribution in [0.25, 0.3) is 10.9 Å². The summed E-state index contributed by atoms with van der Waals surface area (Å²) in [6.07, 6.45) is 7.12. The van der Waals surface area contributed by atoms with Crippen LogP contribution in [0.3, 0.4) is 0 Å². The first kappa shape index (κ1) is 44.9. The number of hydrogen-bond acceptors (Lipinski definition) is 11. The number of nitrogens with zero attached hydrogens (tertiary/aromatic N) is 4. The molecule has 15 nitrogen and oxygen atoms in total. The topological polar surface area (TPSA) is 175 Å². The second-order valence-corrected chi connectivity index (χ2v) is 18.8. The van der Waals surface area contributed by atoms with Crippen molar-refractivity contribution in [2.45, 2.75) is 69.4 Å². The molecule has 4 aromatic carbocycles. The molecule has 16 heteroatoms. The lowest BCUT2D eigenvalue weighted by atomic mass is 9.90. The number of carbonyl (C=O) groups excluding carboxylic acids is 5. The average Bonchev–Trinajstić information content (AvgIpc) is 3.95. The monoisotopic (exact) mass is 922 g/mol. The molecule has 1 saturated carbocycles. The number of rotatable bonds is 15. The van der Waals surface area contributed by atoms with Crippen molar-refractivity contribution in [3.8, 4) is 17.2 Å². The molecular formula is C52H55FN8O7. The average molecular weight is 923 g/mol. The fourth-order valence-electron chi connectivity index (χ4n) is 10.4. The van der Waals surface area contributed by atoms with E-state index in [1.54, 1.807) is 37.6 Å². The van der Waals surface area contributed by atoms with Gasteiger partial charge in [-0.05, 0) is 129 Å². The van der Waals surface area contributed by atoms with Crippen molar-refractivity contribution in [2.75, 3.05) is 67.2 Å². The van der Waals surface area contributed by atoms with Gasteiger partial charge in [-0.1, -0.05) is 12.1 Å². The summed E-state index contributed by atoms with van der Waals surface area (Å²) in [4.78, 5) is 75.1. The second-order valence-electron chi connectivity index (χ2n) is 18.8. The standard InChI is InChI=1S/C52H55FN8O7/c1-67-46-27-42-43(54-22-16-45(42)68-40-12-10-37(11-13-40)57-51(66)52(20-21-52)50(65)56-36-8-4-34(53)5-9-36)28-44(46)59-23-17-32(18-24-59)29-61-31-38-26-39(61)30-60(38)25-19-48(63)55-35-6-2-33(3-7-35)41-14-15-47(62)58-49(41)64/h2-13,16,22,27-28,32,38-39,41H,14-15,17-21,23-26,29-31H2,1H3,(H,55,63)(H,56,65)(H,57,66)(H,58,62,64)/t38-,39-,41?/m0/s1. The van der Waals surface area contributed by atoms with Crippen LogP contribution in [0.4, 0.5) is 27.1 Å². The molecule has 1 aliphatic carbocycles. The van der Waals surface area contributed by atoms with Crippen LogP contribution in [0.2, 0.25) is 0 Å². The number of carbonyl (C=O) groups is 5. The lowest BCUT2D eigenvalue weighted by Crippen LogP contribution is -2.49. The number of imide groups is 1. The minimum Gasteiger partial charge on any atom is -0.495 e. The number of likely N-dealkylation sites (tertiary alicyclic amines) is 2. The summed E-state index contributed by atoms with van der Waals surface area (Å²) in [5, 5.41) is 11.8. The number of fused-ring (bicyclic) bond motifs is 3. The molecule has 4 N–H and O–H groups in total. The molecule has 4 aliphatic heterocycles. The lowest BCUT2D eigenvalue weighted by Gasteiger charge is -2.39. The molecule has 2 bridgehead atoms. The van der Waals surface area contributed by atoms with Gasteiger partial charge in [-0.2, -0.15) is 0 Å². The first-order valence-corrected chi connectivity index (χ1v) is 23.6. The number of nitrogens with one attached hydrogen (secondary N) is 4. The van der Waals surface area contributed by atoms with E-state index in [1.807, 2.05) is 36.4 Å². The number of halogens is 1. The number of pyridine rings is 1. The molecule has 5 amide bonds. The Kier molecular flexibility index (Phi) is 12.5. The third-order valence-corrected chi connectivity index (χ3v) is 14.4. The molecule has 1 unspecified atom stereocenters. The van der Waals surface area contributed by atoms with Crippen LogP contribution in [0.1, 0.15) is 62.8 Å². The minimum absolute atomic E-state index is 0.0245. The van der Waals surface area contributed by atoms with E-state index in [1.165, 1.54) is 24.3 Å². The van der Waals surface area contributed by atoms with Gasteiger partial charge in [0.05, 0.1) is 24.2 Å². The SMILES string of the molecule is COc1cc2c(Oc3ccc(NC(=O)C4(C(=O)Nc5ccc(F)cc5)CC4)cc3)ccnc2cc1N1CCC(CN2C[C@@H]3C[C@H]2CN3CCC(=O)Nc2ccc(C3CCC(=O)NC3=O)cc2)CC1. The van der Waals surface area contributed by atoms with Crippen molar-refractivity contribution >= 4 is 63.2 Å². The summed E-state index contributed by atoms with van der Waals surface area (Å²) in [6, 6.07) is 26.6. The van der Waals surface area contributed by atoms with Crippen molar-refractivity contribution in [3.05, 3.63) is 109 Å². The molecule has 68 heavy (non-hydrogen) atoms. The number of aromatic nitrogens is 1. The zero-order valence-electron chi connectivity index (χ0n) is 38.0. The molecule has 5 heterocycles. The van der Waals surface area contributed by atoms with E-state index in [-0.39, 0.29) is 23.6 Å². The third-order valence-electron chi connectivity index (χ3n) is 14.4. The summed E-state index contributed by atoms with van der Waals surface area (Å²) >= 11 is 0. The predicted octanol–water partition coefficient (Wildman–Crippen LogP) is 7.06. The molecule has 3 atom stereocenters. The number of ether oxygens (including phenoxy) is 2. The highest BCUT2D eigenvalue weighted by Crippen LogP contribution is 2.48. The summed E-state index contributed by atoms with van der Waals surface area (Å²) in [5.74, 6) is 0.434. The van der Waals surface area contributed by atoms with Crippen molar-refractivity contribution in [2.24, 2.45) is 11.3 Å². The molecule has 1 aromatic heterocycles. The van der Waals surface area contributed by atoms with Crippen LogP contribution in [0, 0.1) is 17.2 Å². The van der Waals surface area contributed by atoms with Crippen molar-refractivity contribution in [1.82, 2.24) is 20.1 Å². The van der Waals surface area contributed by atoms with Gasteiger partial charge in [-0.25, -0.2) is 4.39 Å². The third kappa shape index (κ3) is 9.60. The number of anilines is 4. The van der Waals surface area contributed by atoms with Gasteiger partial charge < -0.3 is 30.3 Å². The highest BCUT2D eigenvalue weighted by Gasteiger charge is 2.56.